The van der Waals surface area contributed by atoms with Crippen LogP contribution in [0.3, 0.4) is 0 Å². The Morgan fingerprint density at radius 1 is 1.41 bits per heavy atom. The Bertz CT molecular complexity index is 388. The summed E-state index contributed by atoms with van der Waals surface area (Å²) in [6, 6.07) is 4.26. The molecule has 2 atom stereocenters. The smallest absolute Gasteiger partial charge is 0.127 e. The molecule has 1 aromatic carbocycles. The van der Waals surface area contributed by atoms with E-state index in [4.69, 9.17) is 9.47 Å². The molecule has 1 aliphatic carbocycles. The maximum atomic E-state index is 13.1. The predicted molar refractivity (Wildman–Crippen MR) is 61.5 cm³/mol. The summed E-state index contributed by atoms with van der Waals surface area (Å²) in [7, 11) is 1.48. The molecule has 0 bridgehead atoms. The van der Waals surface area contributed by atoms with E-state index in [0.29, 0.717) is 11.3 Å². The van der Waals surface area contributed by atoms with Gasteiger partial charge in [0.1, 0.15) is 17.7 Å². The summed E-state index contributed by atoms with van der Waals surface area (Å²) in [6.45, 7) is 1.66. The second-order valence-electron chi connectivity index (χ2n) is 4.38. The van der Waals surface area contributed by atoms with Crippen molar-refractivity contribution in [1.82, 2.24) is 0 Å². The van der Waals surface area contributed by atoms with Crippen molar-refractivity contribution in [3.05, 3.63) is 29.6 Å². The molecule has 0 radical (unpaired) electrons. The van der Waals surface area contributed by atoms with Gasteiger partial charge < -0.3 is 14.6 Å². The molecule has 0 aromatic heterocycles. The monoisotopic (exact) mass is 240 g/mol. The van der Waals surface area contributed by atoms with Gasteiger partial charge in [0.15, 0.2) is 0 Å². The van der Waals surface area contributed by atoms with Crippen molar-refractivity contribution in [2.75, 3.05) is 7.11 Å². The zero-order valence-corrected chi connectivity index (χ0v) is 10.0. The molecule has 0 heterocycles. The summed E-state index contributed by atoms with van der Waals surface area (Å²) in [5.41, 5.74) is 0.691. The Morgan fingerprint density at radius 3 is 2.65 bits per heavy atom. The maximum absolute atomic E-state index is 13.1. The van der Waals surface area contributed by atoms with Gasteiger partial charge in [-0.25, -0.2) is 4.39 Å². The highest BCUT2D eigenvalue weighted by Crippen LogP contribution is 2.36. The normalized spacial score (nSPS) is 18.8. The quantitative estimate of drug-likeness (QED) is 0.859. The van der Waals surface area contributed by atoms with Crippen LogP contribution in [0.25, 0.3) is 0 Å². The van der Waals surface area contributed by atoms with Crippen LogP contribution in [0.15, 0.2) is 18.2 Å². The summed E-state index contributed by atoms with van der Waals surface area (Å²) >= 11 is 0. The summed E-state index contributed by atoms with van der Waals surface area (Å²) in [4.78, 5) is 0. The molecule has 0 spiro atoms. The highest BCUT2D eigenvalue weighted by Gasteiger charge is 2.31. The fourth-order valence-electron chi connectivity index (χ4n) is 1.78. The zero-order chi connectivity index (χ0) is 12.4. The number of ether oxygens (including phenoxy) is 2. The first-order chi connectivity index (χ1) is 8.11. The molecule has 17 heavy (non-hydrogen) atoms. The van der Waals surface area contributed by atoms with Gasteiger partial charge in [0, 0.05) is 11.6 Å². The van der Waals surface area contributed by atoms with Crippen LogP contribution in [0.2, 0.25) is 0 Å². The van der Waals surface area contributed by atoms with Gasteiger partial charge in [0.25, 0.3) is 0 Å². The van der Waals surface area contributed by atoms with Gasteiger partial charge >= 0.3 is 0 Å². The van der Waals surface area contributed by atoms with E-state index in [-0.39, 0.29) is 11.9 Å². The van der Waals surface area contributed by atoms with Crippen molar-refractivity contribution in [3.8, 4) is 5.75 Å². The molecular weight excluding hydrogens is 223 g/mol. The van der Waals surface area contributed by atoms with E-state index < -0.39 is 12.2 Å². The van der Waals surface area contributed by atoms with Crippen molar-refractivity contribution in [1.29, 1.82) is 0 Å². The molecule has 94 valence electrons. The van der Waals surface area contributed by atoms with Crippen LogP contribution >= 0.6 is 0 Å². The third kappa shape index (κ3) is 2.96. The van der Waals surface area contributed by atoms with E-state index in [1.807, 2.05) is 0 Å². The van der Waals surface area contributed by atoms with E-state index in [2.05, 4.69) is 0 Å². The third-order valence-electron chi connectivity index (χ3n) is 2.80. The highest BCUT2D eigenvalue weighted by molar-refractivity contribution is 5.36. The average molecular weight is 240 g/mol. The van der Waals surface area contributed by atoms with Crippen LogP contribution in [0, 0.1) is 5.82 Å². The number of aliphatic hydroxyl groups excluding tert-OH is 1. The summed E-state index contributed by atoms with van der Waals surface area (Å²) < 4.78 is 24.0. The average Bonchev–Trinajstić information content (AvgIpc) is 3.09. The second-order valence-corrected chi connectivity index (χ2v) is 4.38. The summed E-state index contributed by atoms with van der Waals surface area (Å²) in [5.74, 6) is 0.0536. The van der Waals surface area contributed by atoms with E-state index in [9.17, 15) is 9.50 Å². The molecule has 1 saturated carbocycles. The van der Waals surface area contributed by atoms with Crippen molar-refractivity contribution in [3.63, 3.8) is 0 Å². The number of benzene rings is 1. The lowest BCUT2D eigenvalue weighted by molar-refractivity contribution is -0.0413. The molecule has 0 amide bonds. The lowest BCUT2D eigenvalue weighted by Gasteiger charge is -2.23. The molecule has 2 unspecified atom stereocenters. The van der Waals surface area contributed by atoms with Crippen LogP contribution in [-0.2, 0) is 4.74 Å². The first kappa shape index (κ1) is 12.3. The minimum Gasteiger partial charge on any atom is -0.496 e. The van der Waals surface area contributed by atoms with Gasteiger partial charge in [-0.05, 0) is 31.9 Å². The molecule has 1 N–H and O–H groups in total. The molecule has 0 saturated heterocycles. The van der Waals surface area contributed by atoms with Gasteiger partial charge in [0.05, 0.1) is 19.3 Å². The van der Waals surface area contributed by atoms with E-state index in [1.165, 1.54) is 19.2 Å². The van der Waals surface area contributed by atoms with Gasteiger partial charge in [-0.2, -0.15) is 0 Å². The standard InChI is InChI=1S/C13H17FO3/c1-8(15)13(17-10-4-5-10)11-6-3-9(14)7-12(11)16-2/h3,6-8,10,13,15H,4-5H2,1-2H3. The van der Waals surface area contributed by atoms with Gasteiger partial charge in [-0.3, -0.25) is 0 Å². The fourth-order valence-corrected chi connectivity index (χ4v) is 1.78. The predicted octanol–water partition coefficient (Wildman–Crippen LogP) is 2.44. The fraction of sp³-hybridized carbons (Fsp3) is 0.538. The minimum absolute atomic E-state index is 0.212. The minimum atomic E-state index is -0.657. The molecule has 1 aliphatic rings. The molecule has 1 aromatic rings. The Labute approximate surface area is 100 Å². The first-order valence-electron chi connectivity index (χ1n) is 5.78. The largest absolute Gasteiger partial charge is 0.496 e. The molecule has 0 aliphatic heterocycles. The topological polar surface area (TPSA) is 38.7 Å². The SMILES string of the molecule is COc1cc(F)ccc1C(OC1CC1)C(C)O. The third-order valence-corrected chi connectivity index (χ3v) is 2.80. The molecule has 2 rings (SSSR count). The van der Waals surface area contributed by atoms with Gasteiger partial charge in [-0.1, -0.05) is 0 Å². The Kier molecular flexibility index (Phi) is 3.64. The molecule has 1 fully saturated rings. The van der Waals surface area contributed by atoms with Crippen molar-refractivity contribution >= 4 is 0 Å². The van der Waals surface area contributed by atoms with Crippen LogP contribution in [-0.4, -0.2) is 24.4 Å². The molecule has 3 nitrogen and oxygen atoms in total. The number of methoxy groups -OCH3 is 1. The maximum Gasteiger partial charge on any atom is 0.127 e. The Morgan fingerprint density at radius 2 is 2.12 bits per heavy atom. The lowest BCUT2D eigenvalue weighted by Crippen LogP contribution is -2.19. The number of hydrogen-bond acceptors (Lipinski definition) is 3. The highest BCUT2D eigenvalue weighted by atomic mass is 19.1. The molecule has 4 heteroatoms. The van der Waals surface area contributed by atoms with Crippen molar-refractivity contribution in [2.45, 2.75) is 38.1 Å². The van der Waals surface area contributed by atoms with Gasteiger partial charge in [0.2, 0.25) is 0 Å². The van der Waals surface area contributed by atoms with E-state index >= 15 is 0 Å². The lowest BCUT2D eigenvalue weighted by atomic mass is 10.0. The van der Waals surface area contributed by atoms with Crippen molar-refractivity contribution < 1.29 is 19.0 Å². The Hall–Kier alpha value is -1.13. The summed E-state index contributed by atoms with van der Waals surface area (Å²) in [5, 5.41) is 9.76. The molecular formula is C13H17FO3. The zero-order valence-electron chi connectivity index (χ0n) is 10.0. The van der Waals surface area contributed by atoms with E-state index in [1.54, 1.807) is 13.0 Å². The number of hydrogen-bond donors (Lipinski definition) is 1. The number of rotatable bonds is 5. The first-order valence-corrected chi connectivity index (χ1v) is 5.78. The van der Waals surface area contributed by atoms with Gasteiger partial charge in [-0.15, -0.1) is 0 Å². The van der Waals surface area contributed by atoms with E-state index in [0.717, 1.165) is 12.8 Å². The number of aliphatic hydroxyl groups is 1. The van der Waals surface area contributed by atoms with Crippen LogP contribution in [0.5, 0.6) is 5.75 Å². The Balaban J connectivity index is 2.26. The van der Waals surface area contributed by atoms with Crippen LogP contribution in [0.4, 0.5) is 4.39 Å². The van der Waals surface area contributed by atoms with Crippen LogP contribution < -0.4 is 4.74 Å². The van der Waals surface area contributed by atoms with Crippen molar-refractivity contribution in [2.24, 2.45) is 0 Å². The second kappa shape index (κ2) is 5.02. The summed E-state index contributed by atoms with van der Waals surface area (Å²) in [6.07, 6.45) is 1.14. The number of halogens is 1. The van der Waals surface area contributed by atoms with Crippen LogP contribution in [0.1, 0.15) is 31.4 Å².